The van der Waals surface area contributed by atoms with Crippen molar-refractivity contribution in [2.24, 2.45) is 4.99 Å². The van der Waals surface area contributed by atoms with Crippen LogP contribution < -0.4 is 17.7 Å². The number of hydrogen-bond donors (Lipinski definition) is 1. The molecule has 22 heavy (non-hydrogen) atoms. The summed E-state index contributed by atoms with van der Waals surface area (Å²) in [5, 5.41) is 4.44. The van der Waals surface area contributed by atoms with Gasteiger partial charge < -0.3 is 17.7 Å². The Bertz CT molecular complexity index is 589. The summed E-state index contributed by atoms with van der Waals surface area (Å²) in [6.07, 6.45) is 0. The molecule has 0 atom stereocenters. The van der Waals surface area contributed by atoms with E-state index in [0.717, 1.165) is 30.8 Å². The van der Waals surface area contributed by atoms with E-state index >= 15 is 0 Å². The van der Waals surface area contributed by atoms with Crippen molar-refractivity contribution in [3.63, 3.8) is 0 Å². The first kappa shape index (κ1) is 16.9. The monoisotopic (exact) mass is 332 g/mol. The molecule has 2 aromatic carbocycles. The van der Waals surface area contributed by atoms with Crippen molar-refractivity contribution in [1.29, 1.82) is 0 Å². The van der Waals surface area contributed by atoms with Gasteiger partial charge in [-0.25, -0.2) is 4.99 Å². The fourth-order valence-corrected chi connectivity index (χ4v) is 3.03. The molecule has 1 aliphatic heterocycles. The van der Waals surface area contributed by atoms with E-state index in [-0.39, 0.29) is 12.4 Å². The van der Waals surface area contributed by atoms with E-state index in [4.69, 9.17) is 0 Å². The zero-order chi connectivity index (χ0) is 14.3. The highest BCUT2D eigenvalue weighted by Crippen LogP contribution is 2.15. The summed E-state index contributed by atoms with van der Waals surface area (Å²) in [6.45, 7) is 2.56. The van der Waals surface area contributed by atoms with Crippen LogP contribution in [0, 0.1) is 0 Å². The molecule has 0 aliphatic carbocycles. The molecule has 3 rings (SSSR count). The number of rotatable bonds is 4. The lowest BCUT2D eigenvalue weighted by Gasteiger charge is -2.26. The van der Waals surface area contributed by atoms with E-state index in [2.05, 4.69) is 69.8 Å². The molecule has 0 aromatic heterocycles. The van der Waals surface area contributed by atoms with Gasteiger partial charge in [0.2, 0.25) is 0 Å². The zero-order valence-corrected chi connectivity index (χ0v) is 13.9. The third-order valence-electron chi connectivity index (χ3n) is 3.34. The Hall–Kier alpha value is -1.49. The first-order chi connectivity index (χ1) is 10.4. The van der Waals surface area contributed by atoms with Crippen LogP contribution in [0.4, 0.5) is 0 Å². The first-order valence-electron chi connectivity index (χ1n) is 7.11. The molecule has 0 spiro atoms. The fourth-order valence-electron chi connectivity index (χ4n) is 2.22. The predicted octanol–water partition coefficient (Wildman–Crippen LogP) is 0.300. The van der Waals surface area contributed by atoms with Crippen molar-refractivity contribution in [3.05, 3.63) is 71.8 Å². The third kappa shape index (κ3) is 5.05. The van der Waals surface area contributed by atoms with Gasteiger partial charge in [0.1, 0.15) is 0 Å². The third-order valence-corrected chi connectivity index (χ3v) is 4.36. The second-order valence-corrected chi connectivity index (χ2v) is 5.99. The standard InChI is InChI=1S/C17H19N3S.ClH/c1-3-7-15(8-4-1)11-20-13-18-17(19-14-20)21-12-16-9-5-2-6-10-16;/h1-10H,11-14H2,(H,18,19);1H/p-1. The molecule has 5 heteroatoms. The Kier molecular flexibility index (Phi) is 6.77. The Morgan fingerprint density at radius 3 is 2.18 bits per heavy atom. The van der Waals surface area contributed by atoms with E-state index in [1.807, 2.05) is 6.07 Å². The summed E-state index contributed by atoms with van der Waals surface area (Å²) in [5.41, 5.74) is 2.66. The molecule has 0 amide bonds. The van der Waals surface area contributed by atoms with E-state index in [9.17, 15) is 0 Å². The normalized spacial score (nSPS) is 14.6. The SMILES string of the molecule is [Cl-].c1ccc(CSC2=NCN(Cc3ccccc3)CN2)cc1. The van der Waals surface area contributed by atoms with Crippen LogP contribution in [0.1, 0.15) is 11.1 Å². The maximum atomic E-state index is 4.62. The van der Waals surface area contributed by atoms with Crippen LogP contribution in [0.25, 0.3) is 0 Å². The van der Waals surface area contributed by atoms with Crippen molar-refractivity contribution in [2.75, 3.05) is 13.3 Å². The van der Waals surface area contributed by atoms with Gasteiger partial charge in [-0.2, -0.15) is 0 Å². The molecule has 0 saturated carbocycles. The van der Waals surface area contributed by atoms with Crippen LogP contribution in [0.5, 0.6) is 0 Å². The largest absolute Gasteiger partial charge is 1.00 e. The Labute approximate surface area is 142 Å². The molecule has 0 unspecified atom stereocenters. The molecule has 2 aromatic rings. The van der Waals surface area contributed by atoms with Crippen molar-refractivity contribution in [1.82, 2.24) is 10.2 Å². The van der Waals surface area contributed by atoms with Gasteiger partial charge in [0.15, 0.2) is 5.17 Å². The summed E-state index contributed by atoms with van der Waals surface area (Å²) in [7, 11) is 0. The van der Waals surface area contributed by atoms with Crippen molar-refractivity contribution in [2.45, 2.75) is 12.3 Å². The Morgan fingerprint density at radius 1 is 0.955 bits per heavy atom. The lowest BCUT2D eigenvalue weighted by molar-refractivity contribution is -0.00000424. The van der Waals surface area contributed by atoms with Crippen LogP contribution in [-0.4, -0.2) is 23.4 Å². The van der Waals surface area contributed by atoms with Crippen LogP contribution >= 0.6 is 11.8 Å². The Morgan fingerprint density at radius 2 is 1.59 bits per heavy atom. The quantitative estimate of drug-likeness (QED) is 0.873. The minimum atomic E-state index is 0. The zero-order valence-electron chi connectivity index (χ0n) is 12.3. The summed E-state index contributed by atoms with van der Waals surface area (Å²) in [4.78, 5) is 6.91. The topological polar surface area (TPSA) is 27.6 Å². The highest BCUT2D eigenvalue weighted by atomic mass is 35.5. The highest BCUT2D eigenvalue weighted by Gasteiger charge is 2.12. The van der Waals surface area contributed by atoms with Crippen molar-refractivity contribution in [3.8, 4) is 0 Å². The summed E-state index contributed by atoms with van der Waals surface area (Å²) in [5.74, 6) is 0.964. The lowest BCUT2D eigenvalue weighted by Crippen LogP contribution is -3.00. The fraction of sp³-hybridized carbons (Fsp3) is 0.235. The molecule has 1 aliphatic rings. The van der Waals surface area contributed by atoms with Crippen molar-refractivity contribution < 1.29 is 12.4 Å². The van der Waals surface area contributed by atoms with Gasteiger partial charge in [-0.1, -0.05) is 72.4 Å². The van der Waals surface area contributed by atoms with Gasteiger partial charge in [0.05, 0.1) is 13.3 Å². The molecule has 1 heterocycles. The number of aliphatic imine (C=N–C) groups is 1. The molecule has 0 bridgehead atoms. The molecule has 3 nitrogen and oxygen atoms in total. The van der Waals surface area contributed by atoms with Crippen molar-refractivity contribution >= 4 is 16.9 Å². The summed E-state index contributed by atoms with van der Waals surface area (Å²) < 4.78 is 0. The van der Waals surface area contributed by atoms with E-state index in [1.165, 1.54) is 11.1 Å². The summed E-state index contributed by atoms with van der Waals surface area (Å²) in [6, 6.07) is 21.0. The molecule has 116 valence electrons. The molecule has 1 N–H and O–H groups in total. The number of amidine groups is 1. The highest BCUT2D eigenvalue weighted by molar-refractivity contribution is 8.13. The van der Waals surface area contributed by atoms with Gasteiger partial charge >= 0.3 is 0 Å². The number of thioether (sulfide) groups is 1. The average Bonchev–Trinajstić information content (AvgIpc) is 2.56. The van der Waals surface area contributed by atoms with Crippen LogP contribution in [-0.2, 0) is 12.3 Å². The van der Waals surface area contributed by atoms with Gasteiger partial charge in [-0.15, -0.1) is 0 Å². The van der Waals surface area contributed by atoms with E-state index in [0.29, 0.717) is 0 Å². The van der Waals surface area contributed by atoms with Crippen LogP contribution in [0.2, 0.25) is 0 Å². The van der Waals surface area contributed by atoms with Gasteiger partial charge in [0, 0.05) is 12.3 Å². The maximum Gasteiger partial charge on any atom is 0.159 e. The minimum Gasteiger partial charge on any atom is -1.00 e. The average molecular weight is 333 g/mol. The first-order valence-corrected chi connectivity index (χ1v) is 8.10. The molecule has 0 saturated heterocycles. The summed E-state index contributed by atoms with van der Waals surface area (Å²) >= 11 is 1.77. The van der Waals surface area contributed by atoms with Crippen LogP contribution in [0.15, 0.2) is 65.7 Å². The second kappa shape index (κ2) is 8.83. The van der Waals surface area contributed by atoms with Gasteiger partial charge in [0.25, 0.3) is 0 Å². The minimum absolute atomic E-state index is 0. The number of halogens is 1. The van der Waals surface area contributed by atoms with Gasteiger partial charge in [-0.3, -0.25) is 4.90 Å². The number of benzene rings is 2. The Balaban J connectivity index is 0.00000176. The predicted molar refractivity (Wildman–Crippen MR) is 90.0 cm³/mol. The van der Waals surface area contributed by atoms with Gasteiger partial charge in [-0.05, 0) is 11.1 Å². The maximum absolute atomic E-state index is 4.62. The molecule has 0 fully saturated rings. The number of nitrogens with one attached hydrogen (secondary N) is 1. The smallest absolute Gasteiger partial charge is 0.159 e. The molecular weight excluding hydrogens is 314 g/mol. The lowest BCUT2D eigenvalue weighted by atomic mass is 10.2. The van der Waals surface area contributed by atoms with E-state index < -0.39 is 0 Å². The molecular formula is C17H19ClN3S-. The van der Waals surface area contributed by atoms with Crippen LogP contribution in [0.3, 0.4) is 0 Å². The second-order valence-electron chi connectivity index (χ2n) is 5.03. The number of nitrogens with zero attached hydrogens (tertiary/aromatic N) is 2. The van der Waals surface area contributed by atoms with E-state index in [1.54, 1.807) is 11.8 Å². The number of hydrogen-bond acceptors (Lipinski definition) is 4. The molecule has 0 radical (unpaired) electrons.